The van der Waals surface area contributed by atoms with Crippen LogP contribution in [-0.4, -0.2) is 12.2 Å². The number of phenolic OH excluding ortho intramolecular Hbond substituents is 1. The van der Waals surface area contributed by atoms with Crippen LogP contribution in [0.5, 0.6) is 11.5 Å². The van der Waals surface area contributed by atoms with Gasteiger partial charge in [0.25, 0.3) is 0 Å². The predicted octanol–water partition coefficient (Wildman–Crippen LogP) is 2.40. The van der Waals surface area contributed by atoms with Crippen LogP contribution in [0.2, 0.25) is 0 Å². The van der Waals surface area contributed by atoms with Gasteiger partial charge in [0, 0.05) is 17.7 Å². The fourth-order valence-corrected chi connectivity index (χ4v) is 1.31. The van der Waals surface area contributed by atoms with Gasteiger partial charge < -0.3 is 15.6 Å². The van der Waals surface area contributed by atoms with Gasteiger partial charge in [-0.05, 0) is 12.5 Å². The lowest BCUT2D eigenvalue weighted by Crippen LogP contribution is -2.10. The van der Waals surface area contributed by atoms with Crippen LogP contribution >= 0.6 is 12.4 Å². The molecule has 0 bridgehead atoms. The molecule has 0 radical (unpaired) electrons. The highest BCUT2D eigenvalue weighted by Crippen LogP contribution is 2.29. The van der Waals surface area contributed by atoms with Crippen molar-refractivity contribution in [1.82, 2.24) is 0 Å². The lowest BCUT2D eigenvalue weighted by molar-refractivity contribution is 0.399. The summed E-state index contributed by atoms with van der Waals surface area (Å²) in [6.45, 7) is 3.63. The third-order valence-corrected chi connectivity index (χ3v) is 2.04. The highest BCUT2D eigenvalue weighted by molar-refractivity contribution is 5.85. The summed E-state index contributed by atoms with van der Waals surface area (Å²) < 4.78 is 5.12. The van der Waals surface area contributed by atoms with Crippen molar-refractivity contribution < 1.29 is 9.84 Å². The van der Waals surface area contributed by atoms with E-state index in [4.69, 9.17) is 10.5 Å². The quantitative estimate of drug-likeness (QED) is 0.780. The van der Waals surface area contributed by atoms with E-state index in [1.807, 2.05) is 0 Å². The van der Waals surface area contributed by atoms with E-state index in [2.05, 4.69) is 6.58 Å². The maximum absolute atomic E-state index is 9.24. The molecule has 1 atom stereocenters. The highest BCUT2D eigenvalue weighted by atomic mass is 35.5. The molecule has 1 rings (SSSR count). The van der Waals surface area contributed by atoms with Gasteiger partial charge in [0.15, 0.2) is 0 Å². The van der Waals surface area contributed by atoms with Crippen molar-refractivity contribution in [1.29, 1.82) is 0 Å². The molecule has 0 aliphatic heterocycles. The minimum atomic E-state index is -0.136. The smallest absolute Gasteiger partial charge is 0.127 e. The topological polar surface area (TPSA) is 55.5 Å². The monoisotopic (exact) mass is 229 g/mol. The molecule has 4 heteroatoms. The number of hydrogen-bond acceptors (Lipinski definition) is 3. The molecule has 0 heterocycles. The van der Waals surface area contributed by atoms with E-state index in [1.165, 1.54) is 0 Å². The fourth-order valence-electron chi connectivity index (χ4n) is 1.31. The number of benzene rings is 1. The molecule has 0 amide bonds. The Hall–Kier alpha value is -1.19. The van der Waals surface area contributed by atoms with Crippen molar-refractivity contribution >= 4 is 12.4 Å². The van der Waals surface area contributed by atoms with Gasteiger partial charge >= 0.3 is 0 Å². The third-order valence-electron chi connectivity index (χ3n) is 2.04. The van der Waals surface area contributed by atoms with Crippen molar-refractivity contribution in [3.8, 4) is 11.5 Å². The molecule has 0 aliphatic rings. The summed E-state index contributed by atoms with van der Waals surface area (Å²) in [6, 6.07) is 4.78. The summed E-state index contributed by atoms with van der Waals surface area (Å²) in [6.07, 6.45) is 2.44. The second-order valence-electron chi connectivity index (χ2n) is 3.06. The van der Waals surface area contributed by atoms with Crippen molar-refractivity contribution in [2.45, 2.75) is 12.5 Å². The molecule has 3 N–H and O–H groups in total. The molecule has 3 nitrogen and oxygen atoms in total. The van der Waals surface area contributed by atoms with E-state index in [0.717, 1.165) is 5.56 Å². The van der Waals surface area contributed by atoms with Crippen LogP contribution < -0.4 is 10.5 Å². The third kappa shape index (κ3) is 3.46. The average molecular weight is 230 g/mol. The maximum atomic E-state index is 9.24. The number of nitrogens with two attached hydrogens (primary N) is 1. The number of rotatable bonds is 4. The van der Waals surface area contributed by atoms with Crippen LogP contribution in [0.1, 0.15) is 18.0 Å². The molecular formula is C11H16ClNO2. The molecule has 0 saturated heterocycles. The first-order valence-electron chi connectivity index (χ1n) is 4.42. The van der Waals surface area contributed by atoms with Gasteiger partial charge in [-0.3, -0.25) is 0 Å². The number of halogens is 1. The fraction of sp³-hybridized carbons (Fsp3) is 0.273. The minimum Gasteiger partial charge on any atom is -0.508 e. The molecule has 15 heavy (non-hydrogen) atoms. The Bertz CT molecular complexity index is 328. The first-order valence-corrected chi connectivity index (χ1v) is 4.42. The standard InChI is InChI=1S/C11H15NO2.ClH/c1-3-4-10(12)9-6-5-8(13)7-11(9)14-2;/h3,5-7,10,13H,1,4,12H2,2H3;1H/t10-;/m0./s1. The number of phenols is 1. The van der Waals surface area contributed by atoms with E-state index in [0.29, 0.717) is 12.2 Å². The molecule has 1 aromatic carbocycles. The van der Waals surface area contributed by atoms with E-state index < -0.39 is 0 Å². The highest BCUT2D eigenvalue weighted by Gasteiger charge is 2.10. The van der Waals surface area contributed by atoms with Crippen LogP contribution in [0.4, 0.5) is 0 Å². The maximum Gasteiger partial charge on any atom is 0.127 e. The molecule has 0 spiro atoms. The lowest BCUT2D eigenvalue weighted by atomic mass is 10.0. The first kappa shape index (κ1) is 13.8. The summed E-state index contributed by atoms with van der Waals surface area (Å²) in [7, 11) is 1.55. The van der Waals surface area contributed by atoms with E-state index in [-0.39, 0.29) is 24.2 Å². The lowest BCUT2D eigenvalue weighted by Gasteiger charge is -2.14. The minimum absolute atomic E-state index is 0. The molecule has 0 aliphatic carbocycles. The largest absolute Gasteiger partial charge is 0.508 e. The molecular weight excluding hydrogens is 214 g/mol. The molecule has 0 unspecified atom stereocenters. The average Bonchev–Trinajstić information content (AvgIpc) is 2.17. The number of methoxy groups -OCH3 is 1. The number of ether oxygens (including phenoxy) is 1. The Morgan fingerprint density at radius 1 is 1.60 bits per heavy atom. The Morgan fingerprint density at radius 3 is 2.80 bits per heavy atom. The molecule has 0 aromatic heterocycles. The molecule has 0 fully saturated rings. The zero-order chi connectivity index (χ0) is 10.6. The summed E-state index contributed by atoms with van der Waals surface area (Å²) in [5, 5.41) is 9.24. The van der Waals surface area contributed by atoms with Crippen LogP contribution in [0, 0.1) is 0 Å². The molecule has 0 saturated carbocycles. The molecule has 84 valence electrons. The second-order valence-corrected chi connectivity index (χ2v) is 3.06. The SMILES string of the molecule is C=CC[C@H](N)c1ccc(O)cc1OC.Cl. The van der Waals surface area contributed by atoms with Gasteiger partial charge in [-0.25, -0.2) is 0 Å². The Labute approximate surface area is 96.0 Å². The van der Waals surface area contributed by atoms with Gasteiger partial charge in [-0.15, -0.1) is 19.0 Å². The van der Waals surface area contributed by atoms with Gasteiger partial charge in [-0.2, -0.15) is 0 Å². The Balaban J connectivity index is 0.00000196. The van der Waals surface area contributed by atoms with Crippen molar-refractivity contribution in [3.05, 3.63) is 36.4 Å². The van der Waals surface area contributed by atoms with Crippen molar-refractivity contribution in [3.63, 3.8) is 0 Å². The van der Waals surface area contributed by atoms with Gasteiger partial charge in [-0.1, -0.05) is 12.1 Å². The van der Waals surface area contributed by atoms with Crippen molar-refractivity contribution in [2.24, 2.45) is 5.73 Å². The summed E-state index contributed by atoms with van der Waals surface area (Å²) in [5.74, 6) is 0.788. The number of hydrogen-bond donors (Lipinski definition) is 2. The van der Waals surface area contributed by atoms with Crippen LogP contribution in [0.3, 0.4) is 0 Å². The second kappa shape index (κ2) is 6.32. The van der Waals surface area contributed by atoms with Gasteiger partial charge in [0.2, 0.25) is 0 Å². The first-order chi connectivity index (χ1) is 6.69. The zero-order valence-electron chi connectivity index (χ0n) is 8.64. The van der Waals surface area contributed by atoms with E-state index in [9.17, 15) is 5.11 Å². The van der Waals surface area contributed by atoms with Gasteiger partial charge in [0.05, 0.1) is 7.11 Å². The Kier molecular flexibility index (Phi) is 5.82. The van der Waals surface area contributed by atoms with Crippen LogP contribution in [0.15, 0.2) is 30.9 Å². The summed E-state index contributed by atoms with van der Waals surface area (Å²) >= 11 is 0. The van der Waals surface area contributed by atoms with Crippen LogP contribution in [0.25, 0.3) is 0 Å². The normalized spacial score (nSPS) is 11.3. The van der Waals surface area contributed by atoms with E-state index >= 15 is 0 Å². The predicted molar refractivity (Wildman–Crippen MR) is 63.6 cm³/mol. The van der Waals surface area contributed by atoms with Crippen molar-refractivity contribution in [2.75, 3.05) is 7.11 Å². The number of aromatic hydroxyl groups is 1. The summed E-state index contributed by atoms with van der Waals surface area (Å²) in [5.41, 5.74) is 6.78. The summed E-state index contributed by atoms with van der Waals surface area (Å²) in [4.78, 5) is 0. The van der Waals surface area contributed by atoms with Crippen LogP contribution in [-0.2, 0) is 0 Å². The van der Waals surface area contributed by atoms with E-state index in [1.54, 1.807) is 31.4 Å². The van der Waals surface area contributed by atoms with Gasteiger partial charge in [0.1, 0.15) is 11.5 Å². The molecule has 1 aromatic rings. The Morgan fingerprint density at radius 2 is 2.27 bits per heavy atom. The zero-order valence-corrected chi connectivity index (χ0v) is 9.46.